The standard InChI is InChI=1S/C14H20ClN3O/c1-18(11-5-3-10(16)4-6-11)13-7-2-9(14(17)19)8-12(13)15/h2,7-8,10-11H,3-6,16H2,1H3,(H2,17,19). The normalized spacial score (nSPS) is 23.1. The van der Waals surface area contributed by atoms with Crippen LogP contribution >= 0.6 is 11.6 Å². The van der Waals surface area contributed by atoms with Gasteiger partial charge in [-0.15, -0.1) is 0 Å². The van der Waals surface area contributed by atoms with E-state index in [1.807, 2.05) is 13.1 Å². The van der Waals surface area contributed by atoms with Crippen LogP contribution in [-0.2, 0) is 0 Å². The molecule has 0 spiro atoms. The lowest BCUT2D eigenvalue weighted by Crippen LogP contribution is -2.38. The smallest absolute Gasteiger partial charge is 0.248 e. The Kier molecular flexibility index (Phi) is 4.32. The van der Waals surface area contributed by atoms with Crippen molar-refractivity contribution in [3.63, 3.8) is 0 Å². The topological polar surface area (TPSA) is 72.3 Å². The molecule has 19 heavy (non-hydrogen) atoms. The van der Waals surface area contributed by atoms with Crippen LogP contribution in [0.3, 0.4) is 0 Å². The van der Waals surface area contributed by atoms with Crippen LogP contribution in [0.25, 0.3) is 0 Å². The Morgan fingerprint density at radius 1 is 1.32 bits per heavy atom. The monoisotopic (exact) mass is 281 g/mol. The van der Waals surface area contributed by atoms with E-state index in [0.717, 1.165) is 31.4 Å². The lowest BCUT2D eigenvalue weighted by molar-refractivity contribution is 0.100. The van der Waals surface area contributed by atoms with Gasteiger partial charge in [-0.2, -0.15) is 0 Å². The van der Waals surface area contributed by atoms with Crippen LogP contribution in [0.5, 0.6) is 0 Å². The van der Waals surface area contributed by atoms with Crippen LogP contribution in [0.2, 0.25) is 5.02 Å². The van der Waals surface area contributed by atoms with Crippen LogP contribution in [0.1, 0.15) is 36.0 Å². The number of hydrogen-bond donors (Lipinski definition) is 2. The van der Waals surface area contributed by atoms with Crippen molar-refractivity contribution in [1.82, 2.24) is 0 Å². The Morgan fingerprint density at radius 2 is 1.95 bits per heavy atom. The second-order valence-corrected chi connectivity index (χ2v) is 5.62. The lowest BCUT2D eigenvalue weighted by Gasteiger charge is -2.35. The highest BCUT2D eigenvalue weighted by Crippen LogP contribution is 2.31. The SMILES string of the molecule is CN(c1ccc(C(N)=O)cc1Cl)C1CCC(N)CC1. The van der Waals surface area contributed by atoms with Gasteiger partial charge in [0, 0.05) is 24.7 Å². The molecule has 1 aromatic rings. The number of carbonyl (C=O) groups excluding carboxylic acids is 1. The van der Waals surface area contributed by atoms with E-state index < -0.39 is 5.91 Å². The minimum absolute atomic E-state index is 0.331. The van der Waals surface area contributed by atoms with Crippen LogP contribution in [0.4, 0.5) is 5.69 Å². The van der Waals surface area contributed by atoms with E-state index in [1.165, 1.54) is 0 Å². The van der Waals surface area contributed by atoms with Crippen LogP contribution in [0.15, 0.2) is 18.2 Å². The molecule has 1 saturated carbocycles. The number of halogens is 1. The predicted octanol–water partition coefficient (Wildman–Crippen LogP) is 2.15. The van der Waals surface area contributed by atoms with Crippen molar-refractivity contribution in [1.29, 1.82) is 0 Å². The summed E-state index contributed by atoms with van der Waals surface area (Å²) in [6, 6.07) is 5.99. The average Bonchev–Trinajstić information content (AvgIpc) is 2.38. The Labute approximate surface area is 118 Å². The molecule has 0 aromatic heterocycles. The van der Waals surface area contributed by atoms with E-state index in [1.54, 1.807) is 12.1 Å². The third-order valence-corrected chi connectivity index (χ3v) is 4.20. The number of hydrogen-bond acceptors (Lipinski definition) is 3. The van der Waals surface area contributed by atoms with Crippen LogP contribution in [-0.4, -0.2) is 25.0 Å². The summed E-state index contributed by atoms with van der Waals surface area (Å²) in [6.45, 7) is 0. The van der Waals surface area contributed by atoms with E-state index in [2.05, 4.69) is 4.90 Å². The summed E-state index contributed by atoms with van der Waals surface area (Å²) >= 11 is 6.24. The third-order valence-electron chi connectivity index (χ3n) is 3.90. The first-order chi connectivity index (χ1) is 8.99. The number of amides is 1. The summed E-state index contributed by atoms with van der Waals surface area (Å²) in [7, 11) is 2.03. The van der Waals surface area contributed by atoms with E-state index >= 15 is 0 Å². The molecule has 1 aromatic carbocycles. The Morgan fingerprint density at radius 3 is 2.47 bits per heavy atom. The maximum atomic E-state index is 11.1. The van der Waals surface area contributed by atoms with E-state index in [9.17, 15) is 4.79 Å². The fraction of sp³-hybridized carbons (Fsp3) is 0.500. The molecule has 0 saturated heterocycles. The summed E-state index contributed by atoms with van der Waals surface area (Å²) in [5.41, 5.74) is 12.5. The van der Waals surface area contributed by atoms with Crippen LogP contribution < -0.4 is 16.4 Å². The largest absolute Gasteiger partial charge is 0.370 e. The fourth-order valence-electron chi connectivity index (χ4n) is 2.63. The van der Waals surface area contributed by atoms with Gasteiger partial charge in [0.15, 0.2) is 0 Å². The number of benzene rings is 1. The third kappa shape index (κ3) is 3.19. The number of nitrogens with two attached hydrogens (primary N) is 2. The zero-order valence-corrected chi connectivity index (χ0v) is 11.9. The highest BCUT2D eigenvalue weighted by molar-refractivity contribution is 6.33. The van der Waals surface area contributed by atoms with Gasteiger partial charge in [-0.25, -0.2) is 0 Å². The van der Waals surface area contributed by atoms with Gasteiger partial charge in [0.2, 0.25) is 5.91 Å². The molecule has 0 heterocycles. The van der Waals surface area contributed by atoms with Gasteiger partial charge in [0.1, 0.15) is 0 Å². The Hall–Kier alpha value is -1.26. The molecule has 0 aliphatic heterocycles. The molecule has 1 amide bonds. The van der Waals surface area contributed by atoms with Crippen molar-refractivity contribution < 1.29 is 4.79 Å². The number of rotatable bonds is 3. The van der Waals surface area contributed by atoms with Gasteiger partial charge in [0.05, 0.1) is 10.7 Å². The molecule has 1 aliphatic carbocycles. The molecule has 5 heteroatoms. The molecule has 1 aliphatic rings. The average molecular weight is 282 g/mol. The second-order valence-electron chi connectivity index (χ2n) is 5.21. The maximum absolute atomic E-state index is 11.1. The van der Waals surface area contributed by atoms with E-state index in [-0.39, 0.29) is 0 Å². The summed E-state index contributed by atoms with van der Waals surface area (Å²) in [5, 5.41) is 0.564. The minimum atomic E-state index is -0.459. The first-order valence-electron chi connectivity index (χ1n) is 6.57. The number of anilines is 1. The van der Waals surface area contributed by atoms with Gasteiger partial charge in [-0.05, 0) is 43.9 Å². The zero-order valence-electron chi connectivity index (χ0n) is 11.1. The first-order valence-corrected chi connectivity index (χ1v) is 6.94. The van der Waals surface area contributed by atoms with Gasteiger partial charge in [0.25, 0.3) is 0 Å². The summed E-state index contributed by atoms with van der Waals surface area (Å²) < 4.78 is 0. The summed E-state index contributed by atoms with van der Waals surface area (Å²) in [4.78, 5) is 13.3. The fourth-order valence-corrected chi connectivity index (χ4v) is 2.95. The molecule has 0 radical (unpaired) electrons. The molecule has 0 atom stereocenters. The summed E-state index contributed by atoms with van der Waals surface area (Å²) in [6.07, 6.45) is 4.25. The quantitative estimate of drug-likeness (QED) is 0.892. The number of carbonyl (C=O) groups is 1. The van der Waals surface area contributed by atoms with Gasteiger partial charge in [-0.3, -0.25) is 4.79 Å². The van der Waals surface area contributed by atoms with Crippen molar-refractivity contribution in [3.8, 4) is 0 Å². The second kappa shape index (κ2) is 5.80. The Balaban J connectivity index is 2.15. The molecule has 4 N–H and O–H groups in total. The highest BCUT2D eigenvalue weighted by Gasteiger charge is 2.23. The zero-order chi connectivity index (χ0) is 14.0. The minimum Gasteiger partial charge on any atom is -0.370 e. The Bertz CT molecular complexity index is 470. The van der Waals surface area contributed by atoms with E-state index in [4.69, 9.17) is 23.1 Å². The highest BCUT2D eigenvalue weighted by atomic mass is 35.5. The van der Waals surface area contributed by atoms with Crippen molar-refractivity contribution in [2.45, 2.75) is 37.8 Å². The van der Waals surface area contributed by atoms with Gasteiger partial charge < -0.3 is 16.4 Å². The van der Waals surface area contributed by atoms with Gasteiger partial charge >= 0.3 is 0 Å². The lowest BCUT2D eigenvalue weighted by atomic mass is 9.90. The van der Waals surface area contributed by atoms with Crippen LogP contribution in [0, 0.1) is 0 Å². The summed E-state index contributed by atoms with van der Waals surface area (Å²) in [5.74, 6) is -0.459. The molecule has 4 nitrogen and oxygen atoms in total. The van der Waals surface area contributed by atoms with Crippen molar-refractivity contribution in [2.75, 3.05) is 11.9 Å². The number of nitrogens with zero attached hydrogens (tertiary/aromatic N) is 1. The van der Waals surface area contributed by atoms with Gasteiger partial charge in [-0.1, -0.05) is 11.6 Å². The molecular formula is C14H20ClN3O. The van der Waals surface area contributed by atoms with Crippen molar-refractivity contribution >= 4 is 23.2 Å². The van der Waals surface area contributed by atoms with Crippen molar-refractivity contribution in [3.05, 3.63) is 28.8 Å². The molecule has 1 fully saturated rings. The van der Waals surface area contributed by atoms with E-state index in [0.29, 0.717) is 22.7 Å². The first kappa shape index (κ1) is 14.2. The molecular weight excluding hydrogens is 262 g/mol. The maximum Gasteiger partial charge on any atom is 0.248 e. The molecule has 0 bridgehead atoms. The molecule has 104 valence electrons. The van der Waals surface area contributed by atoms with Crippen molar-refractivity contribution in [2.24, 2.45) is 11.5 Å². The molecule has 2 rings (SSSR count). The number of primary amides is 1. The predicted molar refractivity (Wildman–Crippen MR) is 78.6 cm³/mol. The molecule has 0 unspecified atom stereocenters.